The fraction of sp³-hybridized carbons (Fsp3) is 0.520. The highest BCUT2D eigenvalue weighted by Crippen LogP contribution is 2.20. The van der Waals surface area contributed by atoms with Gasteiger partial charge in [0.2, 0.25) is 5.95 Å². The number of benzene rings is 1. The van der Waals surface area contributed by atoms with E-state index in [9.17, 15) is 4.79 Å². The smallest absolute Gasteiger partial charge is 0.256 e. The van der Waals surface area contributed by atoms with Crippen molar-refractivity contribution in [3.05, 3.63) is 63.6 Å². The average molecular weight is 425 g/mol. The van der Waals surface area contributed by atoms with Crippen molar-refractivity contribution in [1.29, 1.82) is 0 Å². The summed E-state index contributed by atoms with van der Waals surface area (Å²) in [5.41, 5.74) is 2.70. The van der Waals surface area contributed by atoms with Crippen molar-refractivity contribution >= 4 is 5.95 Å². The second kappa shape index (κ2) is 11.7. The summed E-state index contributed by atoms with van der Waals surface area (Å²) in [5, 5.41) is 3.19. The molecular formula is C25H36N4O2. The van der Waals surface area contributed by atoms with Gasteiger partial charge in [-0.3, -0.25) is 14.7 Å². The van der Waals surface area contributed by atoms with Crippen molar-refractivity contribution in [2.45, 2.75) is 53.0 Å². The van der Waals surface area contributed by atoms with Crippen molar-refractivity contribution in [1.82, 2.24) is 14.9 Å². The Morgan fingerprint density at radius 2 is 2.26 bits per heavy atom. The molecule has 0 spiro atoms. The molecule has 1 atom stereocenters. The summed E-state index contributed by atoms with van der Waals surface area (Å²) >= 11 is 0. The van der Waals surface area contributed by atoms with Gasteiger partial charge in [0.05, 0.1) is 12.3 Å². The van der Waals surface area contributed by atoms with E-state index in [1.54, 1.807) is 0 Å². The van der Waals surface area contributed by atoms with Gasteiger partial charge < -0.3 is 10.1 Å². The summed E-state index contributed by atoms with van der Waals surface area (Å²) in [4.78, 5) is 22.1. The number of aryl methyl sites for hydroxylation is 1. The molecule has 6 nitrogen and oxygen atoms in total. The highest BCUT2D eigenvalue weighted by atomic mass is 16.5. The normalized spacial score (nSPS) is 17.2. The predicted molar refractivity (Wildman–Crippen MR) is 127 cm³/mol. The zero-order chi connectivity index (χ0) is 22.1. The molecule has 0 radical (unpaired) electrons. The highest BCUT2D eigenvalue weighted by molar-refractivity contribution is 5.30. The van der Waals surface area contributed by atoms with E-state index in [0.29, 0.717) is 31.1 Å². The van der Waals surface area contributed by atoms with Crippen LogP contribution in [0.25, 0.3) is 0 Å². The molecule has 1 aliphatic rings. The molecule has 3 rings (SSSR count). The summed E-state index contributed by atoms with van der Waals surface area (Å²) in [5.74, 6) is 2.22. The average Bonchev–Trinajstić information content (AvgIpc) is 2.73. The van der Waals surface area contributed by atoms with Gasteiger partial charge in [-0.05, 0) is 69.7 Å². The van der Waals surface area contributed by atoms with Gasteiger partial charge in [-0.25, -0.2) is 4.98 Å². The molecule has 2 aromatic rings. The van der Waals surface area contributed by atoms with Crippen LogP contribution in [0.15, 0.2) is 41.2 Å². The number of rotatable bonds is 10. The first-order chi connectivity index (χ1) is 15.0. The number of hydrogen-bond donors (Lipinski definition) is 2. The van der Waals surface area contributed by atoms with Crippen LogP contribution in [0.3, 0.4) is 0 Å². The van der Waals surface area contributed by atoms with Gasteiger partial charge in [0.1, 0.15) is 5.75 Å². The van der Waals surface area contributed by atoms with Crippen molar-refractivity contribution in [2.24, 2.45) is 5.92 Å². The van der Waals surface area contributed by atoms with Gasteiger partial charge in [0.15, 0.2) is 0 Å². The first-order valence-corrected chi connectivity index (χ1v) is 11.4. The predicted octanol–water partition coefficient (Wildman–Crippen LogP) is 4.31. The van der Waals surface area contributed by atoms with Crippen LogP contribution in [0, 0.1) is 12.8 Å². The maximum Gasteiger partial charge on any atom is 0.256 e. The van der Waals surface area contributed by atoms with E-state index in [1.165, 1.54) is 31.5 Å². The zero-order valence-electron chi connectivity index (χ0n) is 19.1. The van der Waals surface area contributed by atoms with Crippen molar-refractivity contribution < 1.29 is 4.74 Å². The highest BCUT2D eigenvalue weighted by Gasteiger charge is 2.16. The third-order valence-electron chi connectivity index (χ3n) is 5.71. The number of anilines is 1. The van der Waals surface area contributed by atoms with Crippen molar-refractivity contribution in [3.63, 3.8) is 0 Å². The number of allylic oxidation sites excluding steroid dienone is 2. The molecule has 168 valence electrons. The Morgan fingerprint density at radius 3 is 3.03 bits per heavy atom. The lowest BCUT2D eigenvalue weighted by molar-refractivity contribution is 0.176. The molecule has 1 aromatic heterocycles. The standard InChI is InChI=1S/C25H36N4O2/c1-4-5-12-23-20(3)27-25(28-24(23)30)26-13-8-15-31-22-11-6-10-21(16-22)18-29-14-7-9-19(2)17-29/h4-6,10-11,16,19H,7-9,12-15,17-18H2,1-3H3,(H2,26,27,28,30)/b5-4-. The summed E-state index contributed by atoms with van der Waals surface area (Å²) < 4.78 is 5.95. The molecule has 2 heterocycles. The van der Waals surface area contributed by atoms with Crippen molar-refractivity contribution in [2.75, 3.05) is 31.6 Å². The Bertz CT molecular complexity index is 922. The van der Waals surface area contributed by atoms with Gasteiger partial charge in [0, 0.05) is 25.2 Å². The van der Waals surface area contributed by atoms with E-state index in [0.717, 1.165) is 30.3 Å². The zero-order valence-corrected chi connectivity index (χ0v) is 19.1. The quantitative estimate of drug-likeness (QED) is 0.439. The third-order valence-corrected chi connectivity index (χ3v) is 5.71. The van der Waals surface area contributed by atoms with Crippen LogP contribution in [-0.4, -0.2) is 41.1 Å². The number of hydrogen-bond acceptors (Lipinski definition) is 5. The van der Waals surface area contributed by atoms with E-state index in [2.05, 4.69) is 45.3 Å². The van der Waals surface area contributed by atoms with Crippen LogP contribution in [0.5, 0.6) is 5.75 Å². The summed E-state index contributed by atoms with van der Waals surface area (Å²) in [6, 6.07) is 8.42. The second-order valence-electron chi connectivity index (χ2n) is 8.51. The van der Waals surface area contributed by atoms with Crippen LogP contribution in [0.1, 0.15) is 49.9 Å². The van der Waals surface area contributed by atoms with E-state index in [-0.39, 0.29) is 5.56 Å². The second-order valence-corrected chi connectivity index (χ2v) is 8.51. The summed E-state index contributed by atoms with van der Waals surface area (Å²) in [6.07, 6.45) is 7.96. The molecule has 1 saturated heterocycles. The van der Waals surface area contributed by atoms with E-state index >= 15 is 0 Å². The minimum Gasteiger partial charge on any atom is -0.494 e. The molecule has 1 aromatic carbocycles. The molecular weight excluding hydrogens is 388 g/mol. The van der Waals surface area contributed by atoms with Crippen LogP contribution in [0.2, 0.25) is 0 Å². The molecule has 31 heavy (non-hydrogen) atoms. The largest absolute Gasteiger partial charge is 0.494 e. The van der Waals surface area contributed by atoms with E-state index in [1.807, 2.05) is 32.1 Å². The summed E-state index contributed by atoms with van der Waals surface area (Å²) in [6.45, 7) is 10.8. The molecule has 0 amide bonds. The van der Waals surface area contributed by atoms with Gasteiger partial charge in [0.25, 0.3) is 5.56 Å². The Morgan fingerprint density at radius 1 is 1.39 bits per heavy atom. The molecule has 0 aliphatic carbocycles. The number of nitrogens with zero attached hydrogens (tertiary/aromatic N) is 2. The maximum atomic E-state index is 12.2. The number of aromatic nitrogens is 2. The number of aromatic amines is 1. The van der Waals surface area contributed by atoms with Crippen LogP contribution < -0.4 is 15.6 Å². The fourth-order valence-electron chi connectivity index (χ4n) is 4.06. The van der Waals surface area contributed by atoms with Gasteiger partial charge in [-0.1, -0.05) is 31.2 Å². The van der Waals surface area contributed by atoms with Crippen LogP contribution in [0.4, 0.5) is 5.95 Å². The van der Waals surface area contributed by atoms with E-state index in [4.69, 9.17) is 4.74 Å². The molecule has 1 unspecified atom stereocenters. The van der Waals surface area contributed by atoms with Gasteiger partial charge in [-0.15, -0.1) is 0 Å². The third kappa shape index (κ3) is 7.24. The molecule has 6 heteroatoms. The Labute approximate surface area is 185 Å². The molecule has 1 fully saturated rings. The monoisotopic (exact) mass is 424 g/mol. The molecule has 2 N–H and O–H groups in total. The number of H-pyrrole nitrogens is 1. The fourth-order valence-corrected chi connectivity index (χ4v) is 4.06. The number of nitrogens with one attached hydrogen (secondary N) is 2. The first-order valence-electron chi connectivity index (χ1n) is 11.4. The van der Waals surface area contributed by atoms with Crippen LogP contribution in [-0.2, 0) is 13.0 Å². The molecule has 0 saturated carbocycles. The topological polar surface area (TPSA) is 70.2 Å². The Balaban J connectivity index is 1.42. The van der Waals surface area contributed by atoms with Gasteiger partial charge in [-0.2, -0.15) is 0 Å². The molecule has 1 aliphatic heterocycles. The SMILES string of the molecule is C/C=C\Cc1c(C)nc(NCCCOc2cccc(CN3CCCC(C)C3)c2)[nH]c1=O. The van der Waals surface area contributed by atoms with E-state index < -0.39 is 0 Å². The maximum absolute atomic E-state index is 12.2. The van der Waals surface area contributed by atoms with Gasteiger partial charge >= 0.3 is 0 Å². The molecule has 0 bridgehead atoms. The van der Waals surface area contributed by atoms with Crippen molar-refractivity contribution in [3.8, 4) is 5.75 Å². The summed E-state index contributed by atoms with van der Waals surface area (Å²) in [7, 11) is 0. The number of piperidine rings is 1. The lowest BCUT2D eigenvalue weighted by atomic mass is 10.00. The minimum absolute atomic E-state index is 0.0794. The Hall–Kier alpha value is -2.60. The lowest BCUT2D eigenvalue weighted by Gasteiger charge is -2.30. The number of ether oxygens (including phenoxy) is 1. The lowest BCUT2D eigenvalue weighted by Crippen LogP contribution is -2.33. The minimum atomic E-state index is -0.0794. The first kappa shape index (κ1) is 23.1. The number of likely N-dealkylation sites (tertiary alicyclic amines) is 1. The van der Waals surface area contributed by atoms with Crippen LogP contribution >= 0.6 is 0 Å². The Kier molecular flexibility index (Phi) is 8.71.